The Labute approximate surface area is 115 Å². The first-order chi connectivity index (χ1) is 4.22. The molecule has 0 fully saturated rings. The van der Waals surface area contributed by atoms with E-state index in [4.69, 9.17) is 0 Å². The van der Waals surface area contributed by atoms with E-state index in [0.717, 1.165) is 0 Å². The van der Waals surface area contributed by atoms with Crippen LogP contribution in [0.5, 0.6) is 0 Å². The van der Waals surface area contributed by atoms with Crippen molar-refractivity contribution in [3.05, 3.63) is 16.6 Å². The van der Waals surface area contributed by atoms with Crippen LogP contribution >= 0.6 is 11.5 Å². The summed E-state index contributed by atoms with van der Waals surface area (Å²) in [5.41, 5.74) is 2.40. The normalized spacial score (nSPS) is 9.60. The molecule has 1 nitrogen and oxygen atoms in total. The predicted molar refractivity (Wildman–Crippen MR) is 39.8 cm³/mol. The fourth-order valence-electron chi connectivity index (χ4n) is 0.800. The van der Waals surface area contributed by atoms with E-state index in [1.165, 1.54) is 22.8 Å². The van der Waals surface area contributed by atoms with Crippen LogP contribution in [0.3, 0.4) is 0 Å². The zero-order valence-corrected chi connectivity index (χ0v) is 12.7. The first-order valence-corrected chi connectivity index (χ1v) is 3.83. The van der Waals surface area contributed by atoms with Gasteiger partial charge in [-0.3, -0.25) is 0 Å². The molecule has 1 rings (SSSR count). The number of nitrogens with zero attached hydrogens (tertiary/aromatic N) is 1. The van der Waals surface area contributed by atoms with Gasteiger partial charge in [0.1, 0.15) is 0 Å². The second-order valence-corrected chi connectivity index (χ2v) is 3.02. The molecular formula is C7H10NRbS. The van der Waals surface area contributed by atoms with Crippen LogP contribution in [0.2, 0.25) is 0 Å². The number of rotatable bonds is 1. The minimum Gasteiger partial charge on any atom is -0.313 e. The second-order valence-electron chi connectivity index (χ2n) is 2.45. The monoisotopic (exact) mass is 225 g/mol. The molecule has 0 unspecified atom stereocenters. The van der Waals surface area contributed by atoms with Gasteiger partial charge < -0.3 is 4.37 Å². The molecule has 0 N–H and O–H groups in total. The molecule has 1 aromatic heterocycles. The zero-order chi connectivity index (χ0) is 6.85. The molecule has 1 aromatic rings. The number of aromatic nitrogens is 1. The van der Waals surface area contributed by atoms with Crippen molar-refractivity contribution >= 4 is 11.5 Å². The van der Waals surface area contributed by atoms with Crippen LogP contribution in [0, 0.1) is 12.3 Å². The Hall–Kier alpha value is 1.44. The van der Waals surface area contributed by atoms with Crippen LogP contribution in [0.1, 0.15) is 31.0 Å². The molecule has 0 aliphatic carbocycles. The van der Waals surface area contributed by atoms with Crippen molar-refractivity contribution in [3.63, 3.8) is 0 Å². The Morgan fingerprint density at radius 3 is 2.30 bits per heavy atom. The molecule has 0 aliphatic rings. The van der Waals surface area contributed by atoms with Gasteiger partial charge in [0.15, 0.2) is 0 Å². The summed E-state index contributed by atoms with van der Waals surface area (Å²) in [4.78, 5) is 0. The zero-order valence-electron chi connectivity index (χ0n) is 6.93. The van der Waals surface area contributed by atoms with Crippen LogP contribution in [-0.4, -0.2) is 4.37 Å². The quantitative estimate of drug-likeness (QED) is 0.581. The maximum atomic E-state index is 4.20. The summed E-state index contributed by atoms with van der Waals surface area (Å²) >= 11 is 1.42. The molecule has 50 valence electrons. The third-order valence-electron chi connectivity index (χ3n) is 1.27. The van der Waals surface area contributed by atoms with E-state index < -0.39 is 0 Å². The van der Waals surface area contributed by atoms with Crippen LogP contribution in [-0.2, 0) is 0 Å². The second kappa shape index (κ2) is 5.15. The number of aryl methyl sites for hydroxylation is 1. The van der Waals surface area contributed by atoms with Gasteiger partial charge >= 0.3 is 58.2 Å². The van der Waals surface area contributed by atoms with E-state index in [1.54, 1.807) is 0 Å². The molecular weight excluding hydrogens is 216 g/mol. The maximum absolute atomic E-state index is 4.20. The first kappa shape index (κ1) is 11.4. The van der Waals surface area contributed by atoms with Crippen molar-refractivity contribution in [1.82, 2.24) is 4.37 Å². The predicted octanol–water partition coefficient (Wildman–Crippen LogP) is -0.621. The fourth-order valence-corrected chi connectivity index (χ4v) is 1.53. The van der Waals surface area contributed by atoms with Crippen molar-refractivity contribution in [3.8, 4) is 0 Å². The topological polar surface area (TPSA) is 12.9 Å². The van der Waals surface area contributed by atoms with Crippen molar-refractivity contribution in [1.29, 1.82) is 0 Å². The number of hydrogen-bond donors (Lipinski definition) is 0. The summed E-state index contributed by atoms with van der Waals surface area (Å²) in [7, 11) is 0. The van der Waals surface area contributed by atoms with Crippen molar-refractivity contribution < 1.29 is 58.2 Å². The van der Waals surface area contributed by atoms with E-state index in [-0.39, 0.29) is 58.2 Å². The SMILES string of the molecule is Cc1[c-]snc1C(C)C.[Rb+]. The van der Waals surface area contributed by atoms with Gasteiger partial charge in [-0.2, -0.15) is 22.5 Å². The van der Waals surface area contributed by atoms with E-state index >= 15 is 0 Å². The number of hydrogen-bond acceptors (Lipinski definition) is 2. The van der Waals surface area contributed by atoms with Crippen LogP contribution < -0.4 is 58.2 Å². The maximum Gasteiger partial charge on any atom is 1.00 e. The molecule has 10 heavy (non-hydrogen) atoms. The summed E-state index contributed by atoms with van der Waals surface area (Å²) in [5, 5.41) is 3.08. The Bertz CT molecular complexity index is 195. The van der Waals surface area contributed by atoms with Gasteiger partial charge in [0, 0.05) is 0 Å². The third-order valence-corrected chi connectivity index (χ3v) is 1.96. The smallest absolute Gasteiger partial charge is 0.313 e. The average Bonchev–Trinajstić information content (AvgIpc) is 2.13. The van der Waals surface area contributed by atoms with Gasteiger partial charge in [0.05, 0.1) is 0 Å². The Balaban J connectivity index is 0.000000810. The van der Waals surface area contributed by atoms with Crippen molar-refractivity contribution in [2.45, 2.75) is 26.7 Å². The molecule has 0 atom stereocenters. The van der Waals surface area contributed by atoms with E-state index in [9.17, 15) is 0 Å². The molecule has 3 heteroatoms. The Morgan fingerprint density at radius 2 is 2.10 bits per heavy atom. The van der Waals surface area contributed by atoms with Crippen LogP contribution in [0.4, 0.5) is 0 Å². The summed E-state index contributed by atoms with van der Waals surface area (Å²) in [5.74, 6) is 0.549. The minimum atomic E-state index is 0. The van der Waals surface area contributed by atoms with Crippen LogP contribution in [0.25, 0.3) is 0 Å². The molecule has 0 bridgehead atoms. The van der Waals surface area contributed by atoms with Gasteiger partial charge in [-0.1, -0.05) is 32.4 Å². The summed E-state index contributed by atoms with van der Waals surface area (Å²) in [6, 6.07) is 0. The van der Waals surface area contributed by atoms with E-state index in [1.807, 2.05) is 0 Å². The van der Waals surface area contributed by atoms with Gasteiger partial charge in [0.2, 0.25) is 0 Å². The molecule has 1 heterocycles. The summed E-state index contributed by atoms with van der Waals surface area (Å²) in [6.07, 6.45) is 0. The van der Waals surface area contributed by atoms with Gasteiger partial charge in [0.25, 0.3) is 0 Å². The third kappa shape index (κ3) is 2.82. The molecule has 0 radical (unpaired) electrons. The Morgan fingerprint density at radius 1 is 1.50 bits per heavy atom. The standard InChI is InChI=1S/C7H10NS.Rb/c1-5(2)7-6(3)4-9-8-7;/h5H,1-3H3;/q-1;+1. The molecule has 0 saturated carbocycles. The molecule has 0 spiro atoms. The molecule has 0 amide bonds. The van der Waals surface area contributed by atoms with Gasteiger partial charge in [-0.15, -0.1) is 0 Å². The average molecular weight is 226 g/mol. The van der Waals surface area contributed by atoms with Gasteiger partial charge in [-0.25, -0.2) is 0 Å². The van der Waals surface area contributed by atoms with Crippen molar-refractivity contribution in [2.24, 2.45) is 0 Å². The summed E-state index contributed by atoms with van der Waals surface area (Å²) in [6.45, 7) is 6.35. The molecule has 0 saturated heterocycles. The first-order valence-electron chi connectivity index (χ1n) is 3.05. The molecule has 0 aliphatic heterocycles. The van der Waals surface area contributed by atoms with Crippen LogP contribution in [0.15, 0.2) is 0 Å². The van der Waals surface area contributed by atoms with E-state index in [2.05, 4.69) is 30.5 Å². The largest absolute Gasteiger partial charge is 1.00 e. The van der Waals surface area contributed by atoms with Crippen molar-refractivity contribution in [2.75, 3.05) is 0 Å². The Kier molecular flexibility index (Phi) is 5.89. The van der Waals surface area contributed by atoms with Gasteiger partial charge in [-0.05, 0) is 0 Å². The summed E-state index contributed by atoms with van der Waals surface area (Å²) < 4.78 is 4.20. The minimum absolute atomic E-state index is 0. The molecule has 0 aromatic carbocycles. The van der Waals surface area contributed by atoms with E-state index in [0.29, 0.717) is 5.92 Å². The fraction of sp³-hybridized carbons (Fsp3) is 0.571.